The van der Waals surface area contributed by atoms with Gasteiger partial charge in [-0.15, -0.1) is 11.8 Å². The lowest BCUT2D eigenvalue weighted by Crippen LogP contribution is -2.35. The van der Waals surface area contributed by atoms with Crippen molar-refractivity contribution in [1.29, 1.82) is 0 Å². The maximum absolute atomic E-state index is 2.68. The van der Waals surface area contributed by atoms with Crippen LogP contribution in [0.5, 0.6) is 0 Å². The molecule has 1 nitrogen and oxygen atoms in total. The van der Waals surface area contributed by atoms with Crippen LogP contribution in [0.2, 0.25) is 0 Å². The summed E-state index contributed by atoms with van der Waals surface area (Å²) in [5.41, 5.74) is 0. The Bertz CT molecular complexity index is 323. The molecule has 1 atom stereocenters. The Labute approximate surface area is 110 Å². The van der Waals surface area contributed by atoms with Crippen LogP contribution >= 0.6 is 11.8 Å². The Balaban J connectivity index is 1.75. The van der Waals surface area contributed by atoms with Gasteiger partial charge in [-0.2, -0.15) is 0 Å². The first-order chi connectivity index (χ1) is 8.27. The van der Waals surface area contributed by atoms with Crippen LogP contribution in [-0.2, 0) is 0 Å². The van der Waals surface area contributed by atoms with Gasteiger partial charge >= 0.3 is 0 Å². The minimum Gasteiger partial charge on any atom is -0.299 e. The highest BCUT2D eigenvalue weighted by molar-refractivity contribution is 7.99. The van der Waals surface area contributed by atoms with E-state index in [4.69, 9.17) is 0 Å². The second-order valence-corrected chi connectivity index (χ2v) is 6.32. The van der Waals surface area contributed by atoms with Crippen molar-refractivity contribution in [3.8, 4) is 0 Å². The van der Waals surface area contributed by atoms with Crippen molar-refractivity contribution in [3.05, 3.63) is 30.3 Å². The van der Waals surface area contributed by atoms with Gasteiger partial charge in [-0.05, 0) is 37.4 Å². The molecule has 0 aromatic heterocycles. The Hall–Kier alpha value is -0.470. The van der Waals surface area contributed by atoms with E-state index in [0.29, 0.717) is 0 Å². The zero-order valence-electron chi connectivity index (χ0n) is 10.9. The van der Waals surface area contributed by atoms with Gasteiger partial charge in [0.2, 0.25) is 0 Å². The number of likely N-dealkylation sites (tertiary alicyclic amines) is 1. The van der Waals surface area contributed by atoms with E-state index >= 15 is 0 Å². The van der Waals surface area contributed by atoms with E-state index in [2.05, 4.69) is 49.1 Å². The first-order valence-corrected chi connectivity index (χ1v) is 7.68. The minimum absolute atomic E-state index is 0.805. The van der Waals surface area contributed by atoms with Crippen molar-refractivity contribution in [2.45, 2.75) is 37.6 Å². The first kappa shape index (κ1) is 13.0. The normalized spacial score (nSPS) is 21.2. The molecule has 1 aromatic carbocycles. The quantitative estimate of drug-likeness (QED) is 0.728. The third-order valence-corrected chi connectivity index (χ3v) is 4.57. The molecule has 0 bridgehead atoms. The van der Waals surface area contributed by atoms with Crippen molar-refractivity contribution in [2.75, 3.05) is 18.8 Å². The van der Waals surface area contributed by atoms with Crippen LogP contribution in [0.1, 0.15) is 26.7 Å². The summed E-state index contributed by atoms with van der Waals surface area (Å²) in [6.45, 7) is 7.25. The summed E-state index contributed by atoms with van der Waals surface area (Å²) in [5.74, 6) is 2.02. The van der Waals surface area contributed by atoms with E-state index in [1.54, 1.807) is 0 Å². The van der Waals surface area contributed by atoms with Crippen LogP contribution < -0.4 is 0 Å². The number of thioether (sulfide) groups is 1. The molecule has 1 heterocycles. The second kappa shape index (κ2) is 6.46. The van der Waals surface area contributed by atoms with Gasteiger partial charge in [0.1, 0.15) is 0 Å². The summed E-state index contributed by atoms with van der Waals surface area (Å²) in [6.07, 6.45) is 2.78. The molecule has 2 rings (SSSR count). The molecule has 0 amide bonds. The zero-order chi connectivity index (χ0) is 12.1. The lowest BCUT2D eigenvalue weighted by atomic mass is 10.0. The summed E-state index contributed by atoms with van der Waals surface area (Å²) in [4.78, 5) is 4.08. The standard InChI is InChI=1S/C15H23NS/c1-13(2)15-9-6-10-16(15)11-12-17-14-7-4-3-5-8-14/h3-5,7-8,13,15H,6,9-12H2,1-2H3. The van der Waals surface area contributed by atoms with E-state index in [1.807, 2.05) is 11.8 Å². The SMILES string of the molecule is CC(C)C1CCCN1CCSc1ccccc1. The van der Waals surface area contributed by atoms with E-state index in [1.165, 1.54) is 36.6 Å². The number of hydrogen-bond donors (Lipinski definition) is 0. The molecule has 1 unspecified atom stereocenters. The van der Waals surface area contributed by atoms with Crippen LogP contribution in [0.25, 0.3) is 0 Å². The first-order valence-electron chi connectivity index (χ1n) is 6.69. The lowest BCUT2D eigenvalue weighted by molar-refractivity contribution is 0.218. The van der Waals surface area contributed by atoms with Crippen LogP contribution in [-0.4, -0.2) is 29.8 Å². The van der Waals surface area contributed by atoms with Crippen LogP contribution in [0, 0.1) is 5.92 Å². The van der Waals surface area contributed by atoms with Gasteiger partial charge < -0.3 is 0 Å². The van der Waals surface area contributed by atoms with Gasteiger partial charge in [0.15, 0.2) is 0 Å². The fourth-order valence-electron chi connectivity index (χ4n) is 2.68. The van der Waals surface area contributed by atoms with E-state index in [-0.39, 0.29) is 0 Å². The minimum atomic E-state index is 0.805. The molecule has 1 aliphatic rings. The smallest absolute Gasteiger partial charge is 0.0119 e. The van der Waals surface area contributed by atoms with E-state index in [0.717, 1.165) is 12.0 Å². The Morgan fingerprint density at radius 2 is 2.06 bits per heavy atom. The maximum atomic E-state index is 2.68. The fourth-order valence-corrected chi connectivity index (χ4v) is 3.59. The van der Waals surface area contributed by atoms with Gasteiger partial charge in [0, 0.05) is 23.2 Å². The molecule has 1 saturated heterocycles. The van der Waals surface area contributed by atoms with Gasteiger partial charge in [0.05, 0.1) is 0 Å². The predicted molar refractivity (Wildman–Crippen MR) is 76.6 cm³/mol. The van der Waals surface area contributed by atoms with Crippen LogP contribution in [0.15, 0.2) is 35.2 Å². The third-order valence-electron chi connectivity index (χ3n) is 3.57. The molecule has 0 radical (unpaired) electrons. The fraction of sp³-hybridized carbons (Fsp3) is 0.600. The summed E-state index contributed by atoms with van der Waals surface area (Å²) in [6, 6.07) is 11.6. The molecule has 94 valence electrons. The molecular weight excluding hydrogens is 226 g/mol. The molecule has 1 fully saturated rings. The van der Waals surface area contributed by atoms with Crippen molar-refractivity contribution >= 4 is 11.8 Å². The van der Waals surface area contributed by atoms with Crippen LogP contribution in [0.3, 0.4) is 0 Å². The summed E-state index contributed by atoms with van der Waals surface area (Å²) in [5, 5.41) is 0. The van der Waals surface area contributed by atoms with Crippen molar-refractivity contribution < 1.29 is 0 Å². The Kier molecular flexibility index (Phi) is 4.93. The Morgan fingerprint density at radius 3 is 2.76 bits per heavy atom. The molecule has 0 saturated carbocycles. The van der Waals surface area contributed by atoms with Crippen molar-refractivity contribution in [3.63, 3.8) is 0 Å². The summed E-state index contributed by atoms with van der Waals surface area (Å²) < 4.78 is 0. The molecule has 0 spiro atoms. The van der Waals surface area contributed by atoms with Crippen molar-refractivity contribution in [1.82, 2.24) is 4.90 Å². The second-order valence-electron chi connectivity index (χ2n) is 5.15. The predicted octanol–water partition coefficient (Wildman–Crippen LogP) is 3.90. The average molecular weight is 249 g/mol. The highest BCUT2D eigenvalue weighted by atomic mass is 32.2. The number of rotatable bonds is 5. The molecule has 2 heteroatoms. The summed E-state index contributed by atoms with van der Waals surface area (Å²) in [7, 11) is 0. The number of hydrogen-bond acceptors (Lipinski definition) is 2. The molecule has 0 aliphatic carbocycles. The monoisotopic (exact) mass is 249 g/mol. The summed E-state index contributed by atoms with van der Waals surface area (Å²) >= 11 is 1.98. The molecule has 17 heavy (non-hydrogen) atoms. The topological polar surface area (TPSA) is 3.24 Å². The maximum Gasteiger partial charge on any atom is 0.0119 e. The molecule has 1 aliphatic heterocycles. The van der Waals surface area contributed by atoms with Gasteiger partial charge in [-0.25, -0.2) is 0 Å². The van der Waals surface area contributed by atoms with Gasteiger partial charge in [-0.1, -0.05) is 32.0 Å². The Morgan fingerprint density at radius 1 is 1.29 bits per heavy atom. The van der Waals surface area contributed by atoms with E-state index < -0.39 is 0 Å². The number of benzene rings is 1. The van der Waals surface area contributed by atoms with Crippen LogP contribution in [0.4, 0.5) is 0 Å². The highest BCUT2D eigenvalue weighted by Gasteiger charge is 2.26. The molecule has 1 aromatic rings. The third kappa shape index (κ3) is 3.75. The van der Waals surface area contributed by atoms with Crippen molar-refractivity contribution in [2.24, 2.45) is 5.92 Å². The molecule has 0 N–H and O–H groups in total. The van der Waals surface area contributed by atoms with Gasteiger partial charge in [0.25, 0.3) is 0 Å². The van der Waals surface area contributed by atoms with E-state index in [9.17, 15) is 0 Å². The molecular formula is C15H23NS. The zero-order valence-corrected chi connectivity index (χ0v) is 11.7. The highest BCUT2D eigenvalue weighted by Crippen LogP contribution is 2.25. The van der Waals surface area contributed by atoms with Gasteiger partial charge in [-0.3, -0.25) is 4.90 Å². The number of nitrogens with zero attached hydrogens (tertiary/aromatic N) is 1. The average Bonchev–Trinajstić information content (AvgIpc) is 2.79. The largest absolute Gasteiger partial charge is 0.299 e. The lowest BCUT2D eigenvalue weighted by Gasteiger charge is -2.27.